The third-order valence-corrected chi connectivity index (χ3v) is 4.21. The summed E-state index contributed by atoms with van der Waals surface area (Å²) in [5.74, 6) is -0.746. The Morgan fingerprint density at radius 2 is 1.89 bits per heavy atom. The molecule has 0 aliphatic heterocycles. The van der Waals surface area contributed by atoms with E-state index in [0.29, 0.717) is 5.33 Å². The molecular weight excluding hydrogens is 391 g/mol. The van der Waals surface area contributed by atoms with E-state index >= 15 is 0 Å². The summed E-state index contributed by atoms with van der Waals surface area (Å²) in [5, 5.41) is 2.99. The molecule has 1 aromatic carbocycles. The lowest BCUT2D eigenvalue weighted by molar-refractivity contribution is -0.138. The van der Waals surface area contributed by atoms with Crippen LogP contribution in [-0.2, 0) is 6.18 Å². The van der Waals surface area contributed by atoms with Crippen molar-refractivity contribution in [2.75, 3.05) is 5.33 Å². The smallest absolute Gasteiger partial charge is 0.346 e. The van der Waals surface area contributed by atoms with Crippen LogP contribution >= 0.6 is 31.9 Å². The van der Waals surface area contributed by atoms with Gasteiger partial charge in [-0.1, -0.05) is 31.9 Å². The quantitative estimate of drug-likeness (QED) is 0.747. The van der Waals surface area contributed by atoms with Gasteiger partial charge in [-0.05, 0) is 32.0 Å². The van der Waals surface area contributed by atoms with Gasteiger partial charge in [-0.2, -0.15) is 13.2 Å². The molecule has 0 fully saturated rings. The van der Waals surface area contributed by atoms with Gasteiger partial charge in [-0.25, -0.2) is 0 Å². The molecule has 0 spiro atoms. The van der Waals surface area contributed by atoms with E-state index in [4.69, 9.17) is 0 Å². The highest BCUT2D eigenvalue weighted by Crippen LogP contribution is 2.34. The van der Waals surface area contributed by atoms with Gasteiger partial charge in [0.1, 0.15) is 0 Å². The third-order valence-electron chi connectivity index (χ3n) is 2.32. The largest absolute Gasteiger partial charge is 0.417 e. The van der Waals surface area contributed by atoms with E-state index in [2.05, 4.69) is 37.2 Å². The molecule has 0 atom stereocenters. The minimum Gasteiger partial charge on any atom is -0.346 e. The molecule has 2 nitrogen and oxygen atoms in total. The third kappa shape index (κ3) is 4.49. The number of halogens is 5. The fourth-order valence-corrected chi connectivity index (χ4v) is 1.86. The normalized spacial score (nSPS) is 12.4. The minimum absolute atomic E-state index is 0.274. The van der Waals surface area contributed by atoms with Gasteiger partial charge >= 0.3 is 6.18 Å². The van der Waals surface area contributed by atoms with Gasteiger partial charge in [0.25, 0.3) is 5.91 Å². The summed E-state index contributed by atoms with van der Waals surface area (Å²) in [7, 11) is 0. The first-order chi connectivity index (χ1) is 8.57. The van der Waals surface area contributed by atoms with Crippen molar-refractivity contribution in [1.82, 2.24) is 5.32 Å². The molecular formula is C12H12Br2F3NO. The molecule has 1 amide bonds. The van der Waals surface area contributed by atoms with Crippen LogP contribution in [0.1, 0.15) is 29.8 Å². The molecule has 19 heavy (non-hydrogen) atoms. The predicted molar refractivity (Wildman–Crippen MR) is 74.5 cm³/mol. The molecule has 1 rings (SSSR count). The van der Waals surface area contributed by atoms with Gasteiger partial charge in [0.2, 0.25) is 0 Å². The second kappa shape index (κ2) is 5.83. The van der Waals surface area contributed by atoms with Crippen molar-refractivity contribution >= 4 is 37.8 Å². The summed E-state index contributed by atoms with van der Waals surface area (Å²) in [6, 6.07) is 3.47. The first kappa shape index (κ1) is 16.5. The van der Waals surface area contributed by atoms with Crippen LogP contribution in [0.3, 0.4) is 0 Å². The second-order valence-electron chi connectivity index (χ2n) is 4.66. The molecule has 106 valence electrons. The number of benzene rings is 1. The Hall–Kier alpha value is -0.560. The predicted octanol–water partition coefficient (Wildman–Crippen LogP) is 4.37. The van der Waals surface area contributed by atoms with Crippen molar-refractivity contribution in [3.05, 3.63) is 33.8 Å². The molecule has 1 aromatic rings. The van der Waals surface area contributed by atoms with E-state index in [-0.39, 0.29) is 10.0 Å². The summed E-state index contributed by atoms with van der Waals surface area (Å²) < 4.78 is 39.0. The number of carbonyl (C=O) groups is 1. The number of hydrogen-bond donors (Lipinski definition) is 1. The SMILES string of the molecule is CC(C)(CBr)NC(=O)c1ccc(Br)cc1C(F)(F)F. The van der Waals surface area contributed by atoms with Crippen molar-refractivity contribution in [1.29, 1.82) is 0 Å². The molecule has 0 aliphatic rings. The van der Waals surface area contributed by atoms with Crippen LogP contribution in [0.5, 0.6) is 0 Å². The second-order valence-corrected chi connectivity index (χ2v) is 6.14. The van der Waals surface area contributed by atoms with Crippen LogP contribution in [0, 0.1) is 0 Å². The highest BCUT2D eigenvalue weighted by atomic mass is 79.9. The molecule has 7 heteroatoms. The summed E-state index contributed by atoms with van der Waals surface area (Å²) in [4.78, 5) is 12.0. The first-order valence-electron chi connectivity index (χ1n) is 5.32. The molecule has 0 radical (unpaired) electrons. The lowest BCUT2D eigenvalue weighted by Gasteiger charge is -2.24. The number of carbonyl (C=O) groups excluding carboxylic acids is 1. The van der Waals surface area contributed by atoms with Gasteiger partial charge in [0.05, 0.1) is 11.1 Å². The number of nitrogens with one attached hydrogen (secondary N) is 1. The zero-order chi connectivity index (χ0) is 14.8. The highest BCUT2D eigenvalue weighted by molar-refractivity contribution is 9.10. The lowest BCUT2D eigenvalue weighted by Crippen LogP contribution is -2.45. The molecule has 1 N–H and O–H groups in total. The number of rotatable bonds is 3. The molecule has 0 unspecified atom stereocenters. The van der Waals surface area contributed by atoms with E-state index in [9.17, 15) is 18.0 Å². The van der Waals surface area contributed by atoms with Gasteiger partial charge < -0.3 is 5.32 Å². The first-order valence-corrected chi connectivity index (χ1v) is 7.23. The van der Waals surface area contributed by atoms with Gasteiger partial charge in [0, 0.05) is 15.3 Å². The minimum atomic E-state index is -4.57. The zero-order valence-electron chi connectivity index (χ0n) is 10.2. The maximum Gasteiger partial charge on any atom is 0.417 e. The Balaban J connectivity index is 3.17. The van der Waals surface area contributed by atoms with Gasteiger partial charge in [-0.3, -0.25) is 4.79 Å². The molecule has 0 aromatic heterocycles. The van der Waals surface area contributed by atoms with Crippen molar-refractivity contribution < 1.29 is 18.0 Å². The standard InChI is InChI=1S/C12H12Br2F3NO/c1-11(2,6-13)18-10(19)8-4-3-7(14)5-9(8)12(15,16)17/h3-5H,6H2,1-2H3,(H,18,19). The Kier molecular flexibility index (Phi) is 5.06. The maximum atomic E-state index is 12.9. The van der Waals surface area contributed by atoms with Crippen molar-refractivity contribution in [2.24, 2.45) is 0 Å². The lowest BCUT2D eigenvalue weighted by atomic mass is 10.0. The van der Waals surface area contributed by atoms with Crippen LogP contribution in [0.4, 0.5) is 13.2 Å². The van der Waals surface area contributed by atoms with Crippen molar-refractivity contribution in [2.45, 2.75) is 25.6 Å². The number of hydrogen-bond acceptors (Lipinski definition) is 1. The average Bonchev–Trinajstić information content (AvgIpc) is 2.27. The summed E-state index contributed by atoms with van der Waals surface area (Å²) in [5.41, 5.74) is -1.97. The van der Waals surface area contributed by atoms with Crippen LogP contribution < -0.4 is 5.32 Å². The molecule has 0 saturated heterocycles. The summed E-state index contributed by atoms with van der Waals surface area (Å²) in [6.07, 6.45) is -4.57. The monoisotopic (exact) mass is 401 g/mol. The Morgan fingerprint density at radius 1 is 1.32 bits per heavy atom. The summed E-state index contributed by atoms with van der Waals surface area (Å²) >= 11 is 6.17. The molecule has 0 bridgehead atoms. The van der Waals surface area contributed by atoms with E-state index < -0.39 is 23.2 Å². The van der Waals surface area contributed by atoms with E-state index in [1.807, 2.05) is 0 Å². The van der Waals surface area contributed by atoms with Crippen molar-refractivity contribution in [3.8, 4) is 0 Å². The van der Waals surface area contributed by atoms with Gasteiger partial charge in [-0.15, -0.1) is 0 Å². The number of alkyl halides is 4. The van der Waals surface area contributed by atoms with E-state index in [1.165, 1.54) is 6.07 Å². The summed E-state index contributed by atoms with van der Waals surface area (Å²) in [6.45, 7) is 3.43. The Labute approximate surface area is 126 Å². The fraction of sp³-hybridized carbons (Fsp3) is 0.417. The van der Waals surface area contributed by atoms with E-state index in [0.717, 1.165) is 12.1 Å². The maximum absolute atomic E-state index is 12.9. The van der Waals surface area contributed by atoms with Crippen LogP contribution in [0.25, 0.3) is 0 Å². The molecule has 0 saturated carbocycles. The Morgan fingerprint density at radius 3 is 2.37 bits per heavy atom. The zero-order valence-corrected chi connectivity index (χ0v) is 13.4. The highest BCUT2D eigenvalue weighted by Gasteiger charge is 2.36. The number of amides is 1. The Bertz CT molecular complexity index is 486. The fourth-order valence-electron chi connectivity index (χ4n) is 1.36. The topological polar surface area (TPSA) is 29.1 Å². The van der Waals surface area contributed by atoms with Crippen LogP contribution in [0.2, 0.25) is 0 Å². The average molecular weight is 403 g/mol. The van der Waals surface area contributed by atoms with E-state index in [1.54, 1.807) is 13.8 Å². The van der Waals surface area contributed by atoms with Crippen LogP contribution in [-0.4, -0.2) is 16.8 Å². The molecule has 0 aliphatic carbocycles. The van der Waals surface area contributed by atoms with Crippen molar-refractivity contribution in [3.63, 3.8) is 0 Å². The van der Waals surface area contributed by atoms with Gasteiger partial charge in [0.15, 0.2) is 0 Å². The molecule has 0 heterocycles. The van der Waals surface area contributed by atoms with Crippen LogP contribution in [0.15, 0.2) is 22.7 Å².